The number of halogens is 1. The molecule has 0 spiro atoms. The van der Waals surface area contributed by atoms with E-state index in [1.54, 1.807) is 11.3 Å². The quantitative estimate of drug-likeness (QED) is 0.418. The van der Waals surface area contributed by atoms with Gasteiger partial charge in [0.2, 0.25) is 5.91 Å². The van der Waals surface area contributed by atoms with Gasteiger partial charge in [0.05, 0.1) is 0 Å². The maximum atomic E-state index is 11.8. The fourth-order valence-electron chi connectivity index (χ4n) is 2.22. The van der Waals surface area contributed by atoms with Crippen LogP contribution >= 0.6 is 35.3 Å². The van der Waals surface area contributed by atoms with E-state index in [4.69, 9.17) is 5.73 Å². The van der Waals surface area contributed by atoms with Crippen LogP contribution in [0.2, 0.25) is 0 Å². The van der Waals surface area contributed by atoms with Crippen LogP contribution < -0.4 is 11.1 Å². The van der Waals surface area contributed by atoms with Crippen molar-refractivity contribution in [1.29, 1.82) is 0 Å². The molecule has 3 N–H and O–H groups in total. The number of carbonyl (C=O) groups excluding carboxylic acids is 1. The molecule has 1 amide bonds. The third-order valence-electron chi connectivity index (χ3n) is 3.32. The monoisotopic (exact) mass is 422 g/mol. The second-order valence-electron chi connectivity index (χ2n) is 4.86. The molecule has 0 bridgehead atoms. The highest BCUT2D eigenvalue weighted by molar-refractivity contribution is 14.0. The van der Waals surface area contributed by atoms with Crippen LogP contribution in [0.1, 0.15) is 24.1 Å². The van der Waals surface area contributed by atoms with Crippen LogP contribution in [0.5, 0.6) is 0 Å². The number of thiophene rings is 1. The van der Waals surface area contributed by atoms with Gasteiger partial charge < -0.3 is 16.0 Å². The predicted molar refractivity (Wildman–Crippen MR) is 98.4 cm³/mol. The number of hydrogen-bond acceptors (Lipinski definition) is 3. The van der Waals surface area contributed by atoms with Crippen LogP contribution in [0.25, 0.3) is 0 Å². The molecule has 5 nitrogen and oxygen atoms in total. The second-order valence-corrected chi connectivity index (χ2v) is 5.89. The molecule has 1 aromatic rings. The van der Waals surface area contributed by atoms with E-state index in [0.29, 0.717) is 25.5 Å². The van der Waals surface area contributed by atoms with Gasteiger partial charge >= 0.3 is 0 Å². The zero-order valence-corrected chi connectivity index (χ0v) is 15.2. The highest BCUT2D eigenvalue weighted by Gasteiger charge is 2.16. The Bertz CT molecular complexity index is 444. The largest absolute Gasteiger partial charge is 0.370 e. The molecule has 1 saturated heterocycles. The van der Waals surface area contributed by atoms with Gasteiger partial charge in [-0.15, -0.1) is 35.3 Å². The van der Waals surface area contributed by atoms with Gasteiger partial charge in [0, 0.05) is 43.9 Å². The fourth-order valence-corrected chi connectivity index (χ4v) is 2.92. The van der Waals surface area contributed by atoms with Crippen molar-refractivity contribution >= 4 is 47.2 Å². The molecule has 2 rings (SSSR count). The van der Waals surface area contributed by atoms with Crippen molar-refractivity contribution in [2.45, 2.75) is 25.7 Å². The normalized spacial score (nSPS) is 14.9. The van der Waals surface area contributed by atoms with Crippen LogP contribution in [0.4, 0.5) is 0 Å². The first kappa shape index (κ1) is 18.2. The van der Waals surface area contributed by atoms with Crippen molar-refractivity contribution in [2.75, 3.05) is 26.2 Å². The Kier molecular flexibility index (Phi) is 8.67. The Morgan fingerprint density at radius 1 is 1.43 bits per heavy atom. The minimum Gasteiger partial charge on any atom is -0.370 e. The Balaban J connectivity index is 0.00000220. The van der Waals surface area contributed by atoms with Crippen LogP contribution in [-0.4, -0.2) is 42.9 Å². The van der Waals surface area contributed by atoms with Crippen LogP contribution in [-0.2, 0) is 11.2 Å². The first-order valence-corrected chi connectivity index (χ1v) is 7.97. The standard InChI is InChI=1S/C14H22N4OS.HI/c15-14(16-7-5-12-4-3-11-20-12)17-8-6-13(19)18-9-1-2-10-18;/h3-4,11H,1-2,5-10H2,(H3,15,16,17);1H. The summed E-state index contributed by atoms with van der Waals surface area (Å²) in [5, 5.41) is 5.06. The average molecular weight is 422 g/mol. The van der Waals surface area contributed by atoms with Crippen molar-refractivity contribution in [3.8, 4) is 0 Å². The number of likely N-dealkylation sites (tertiary alicyclic amines) is 1. The lowest BCUT2D eigenvalue weighted by Gasteiger charge is -2.15. The summed E-state index contributed by atoms with van der Waals surface area (Å²) in [4.78, 5) is 19.3. The summed E-state index contributed by atoms with van der Waals surface area (Å²) in [5.41, 5.74) is 5.77. The molecule has 1 aliphatic rings. The minimum atomic E-state index is 0. The SMILES string of the molecule is I.NC(=NCCc1cccs1)NCCC(=O)N1CCCC1. The average Bonchev–Trinajstić information content (AvgIpc) is 3.12. The van der Waals surface area contributed by atoms with Gasteiger partial charge in [-0.25, -0.2) is 0 Å². The molecule has 0 saturated carbocycles. The van der Waals surface area contributed by atoms with Gasteiger partial charge in [0.15, 0.2) is 5.96 Å². The van der Waals surface area contributed by atoms with Crippen LogP contribution in [0, 0.1) is 0 Å². The molecule has 21 heavy (non-hydrogen) atoms. The van der Waals surface area contributed by atoms with E-state index in [1.807, 2.05) is 11.0 Å². The summed E-state index contributed by atoms with van der Waals surface area (Å²) in [5.74, 6) is 0.636. The lowest BCUT2D eigenvalue weighted by Crippen LogP contribution is -2.36. The third kappa shape index (κ3) is 6.64. The zero-order valence-electron chi connectivity index (χ0n) is 12.1. The zero-order chi connectivity index (χ0) is 14.2. The number of carbonyl (C=O) groups is 1. The molecule has 2 heterocycles. The summed E-state index contributed by atoms with van der Waals surface area (Å²) in [6, 6.07) is 4.13. The summed E-state index contributed by atoms with van der Waals surface area (Å²) in [7, 11) is 0. The maximum absolute atomic E-state index is 11.8. The Morgan fingerprint density at radius 3 is 2.86 bits per heavy atom. The van der Waals surface area contributed by atoms with E-state index >= 15 is 0 Å². The lowest BCUT2D eigenvalue weighted by molar-refractivity contribution is -0.129. The Morgan fingerprint density at radius 2 is 2.19 bits per heavy atom. The molecule has 0 radical (unpaired) electrons. The number of nitrogens with one attached hydrogen (secondary N) is 1. The molecule has 1 aliphatic heterocycles. The summed E-state index contributed by atoms with van der Waals surface area (Å²) in [6.07, 6.45) is 3.66. The number of aliphatic imine (C=N–C) groups is 1. The third-order valence-corrected chi connectivity index (χ3v) is 4.26. The van der Waals surface area contributed by atoms with Gasteiger partial charge in [0.25, 0.3) is 0 Å². The number of guanidine groups is 1. The summed E-state index contributed by atoms with van der Waals surface area (Å²) < 4.78 is 0. The highest BCUT2D eigenvalue weighted by Crippen LogP contribution is 2.09. The molecule has 7 heteroatoms. The lowest BCUT2D eigenvalue weighted by atomic mass is 10.3. The van der Waals surface area contributed by atoms with Crippen molar-refractivity contribution < 1.29 is 4.79 Å². The molecule has 0 aliphatic carbocycles. The van der Waals surface area contributed by atoms with E-state index in [0.717, 1.165) is 32.4 Å². The number of amides is 1. The van der Waals surface area contributed by atoms with Gasteiger partial charge in [-0.2, -0.15) is 0 Å². The Hall–Kier alpha value is -0.830. The molecular weight excluding hydrogens is 399 g/mol. The van der Waals surface area contributed by atoms with Crippen molar-refractivity contribution in [1.82, 2.24) is 10.2 Å². The summed E-state index contributed by atoms with van der Waals surface area (Å²) >= 11 is 1.73. The van der Waals surface area contributed by atoms with E-state index in [2.05, 4.69) is 21.8 Å². The van der Waals surface area contributed by atoms with E-state index in [9.17, 15) is 4.79 Å². The van der Waals surface area contributed by atoms with E-state index < -0.39 is 0 Å². The first-order chi connectivity index (χ1) is 9.75. The second kappa shape index (κ2) is 9.99. The van der Waals surface area contributed by atoms with Crippen LogP contribution in [0.3, 0.4) is 0 Å². The topological polar surface area (TPSA) is 70.7 Å². The minimum absolute atomic E-state index is 0. The number of nitrogens with zero attached hydrogens (tertiary/aromatic N) is 2. The molecule has 1 aromatic heterocycles. The number of nitrogens with two attached hydrogens (primary N) is 1. The maximum Gasteiger partial charge on any atom is 0.224 e. The molecule has 0 aromatic carbocycles. The first-order valence-electron chi connectivity index (χ1n) is 7.09. The molecule has 118 valence electrons. The smallest absolute Gasteiger partial charge is 0.224 e. The molecular formula is C14H23IN4OS. The van der Waals surface area contributed by atoms with E-state index in [1.165, 1.54) is 4.88 Å². The molecule has 0 unspecified atom stereocenters. The summed E-state index contributed by atoms with van der Waals surface area (Å²) in [6.45, 7) is 3.05. The Labute approximate surface area is 147 Å². The van der Waals surface area contributed by atoms with Gasteiger partial charge in [-0.3, -0.25) is 9.79 Å². The predicted octanol–water partition coefficient (Wildman–Crippen LogP) is 1.83. The van der Waals surface area contributed by atoms with Gasteiger partial charge in [-0.1, -0.05) is 6.07 Å². The number of rotatable bonds is 6. The van der Waals surface area contributed by atoms with Gasteiger partial charge in [0.1, 0.15) is 0 Å². The van der Waals surface area contributed by atoms with Gasteiger partial charge in [-0.05, 0) is 24.3 Å². The van der Waals surface area contributed by atoms with Crippen molar-refractivity contribution in [3.05, 3.63) is 22.4 Å². The molecule has 0 atom stereocenters. The van der Waals surface area contributed by atoms with E-state index in [-0.39, 0.29) is 29.9 Å². The van der Waals surface area contributed by atoms with Crippen LogP contribution in [0.15, 0.2) is 22.5 Å². The fraction of sp³-hybridized carbons (Fsp3) is 0.571. The van der Waals surface area contributed by atoms with Crippen molar-refractivity contribution in [2.24, 2.45) is 10.7 Å². The number of hydrogen-bond donors (Lipinski definition) is 2. The molecule has 1 fully saturated rings. The highest BCUT2D eigenvalue weighted by atomic mass is 127. The van der Waals surface area contributed by atoms with Crippen molar-refractivity contribution in [3.63, 3.8) is 0 Å².